The van der Waals surface area contributed by atoms with Crippen LogP contribution < -0.4 is 5.32 Å². The van der Waals surface area contributed by atoms with Crippen molar-refractivity contribution in [2.45, 2.75) is 6.54 Å². The number of rotatable bonds is 4. The Morgan fingerprint density at radius 3 is 3.00 bits per heavy atom. The Hall–Kier alpha value is -1.47. The largest absolute Gasteiger partial charge is 0.373 e. The molecule has 0 saturated heterocycles. The van der Waals surface area contributed by atoms with Crippen molar-refractivity contribution in [2.75, 3.05) is 5.32 Å². The van der Waals surface area contributed by atoms with Crippen LogP contribution in [0.15, 0.2) is 34.2 Å². The van der Waals surface area contributed by atoms with Crippen LogP contribution in [-0.4, -0.2) is 9.91 Å². The maximum Gasteiger partial charge on any atom is 0.293 e. The van der Waals surface area contributed by atoms with Gasteiger partial charge in [-0.15, -0.1) is 11.3 Å². The van der Waals surface area contributed by atoms with E-state index in [0.717, 1.165) is 5.01 Å². The molecule has 0 radical (unpaired) electrons. The van der Waals surface area contributed by atoms with Gasteiger partial charge < -0.3 is 5.32 Å². The smallest absolute Gasteiger partial charge is 0.293 e. The maximum atomic E-state index is 10.9. The van der Waals surface area contributed by atoms with Crippen molar-refractivity contribution in [3.8, 4) is 0 Å². The molecule has 5 nitrogen and oxygen atoms in total. The zero-order chi connectivity index (χ0) is 12.3. The summed E-state index contributed by atoms with van der Waals surface area (Å²) in [5.74, 6) is 0. The second-order valence-electron chi connectivity index (χ2n) is 3.20. The standard InChI is InChI=1S/C10H8BrN3O2S/c11-7-1-2-8(9(5-7)14(15)16)13-6-10-12-3-4-17-10/h1-5,13H,6H2. The number of thiazole rings is 1. The molecule has 0 aliphatic rings. The highest BCUT2D eigenvalue weighted by Gasteiger charge is 2.13. The fourth-order valence-corrected chi connectivity index (χ4v) is 2.22. The number of nitro groups is 1. The third-order valence-corrected chi connectivity index (χ3v) is 3.34. The minimum atomic E-state index is -0.408. The summed E-state index contributed by atoms with van der Waals surface area (Å²) in [6.07, 6.45) is 1.71. The van der Waals surface area contributed by atoms with Crippen LogP contribution in [0.25, 0.3) is 0 Å². The summed E-state index contributed by atoms with van der Waals surface area (Å²) in [7, 11) is 0. The van der Waals surface area contributed by atoms with E-state index in [1.165, 1.54) is 17.4 Å². The SMILES string of the molecule is O=[N+]([O-])c1cc(Br)ccc1NCc1nccs1. The highest BCUT2D eigenvalue weighted by Crippen LogP contribution is 2.28. The van der Waals surface area contributed by atoms with Gasteiger partial charge in [0.25, 0.3) is 5.69 Å². The van der Waals surface area contributed by atoms with E-state index in [1.54, 1.807) is 18.3 Å². The molecule has 0 atom stereocenters. The van der Waals surface area contributed by atoms with Gasteiger partial charge in [-0.1, -0.05) is 15.9 Å². The minimum absolute atomic E-state index is 0.0518. The van der Waals surface area contributed by atoms with E-state index in [0.29, 0.717) is 16.7 Å². The van der Waals surface area contributed by atoms with Crippen LogP contribution >= 0.6 is 27.3 Å². The van der Waals surface area contributed by atoms with Gasteiger partial charge in [-0.05, 0) is 12.1 Å². The average Bonchev–Trinajstić information content (AvgIpc) is 2.80. The van der Waals surface area contributed by atoms with Gasteiger partial charge in [-0.3, -0.25) is 10.1 Å². The molecule has 17 heavy (non-hydrogen) atoms. The van der Waals surface area contributed by atoms with Crippen molar-refractivity contribution in [2.24, 2.45) is 0 Å². The van der Waals surface area contributed by atoms with Crippen molar-refractivity contribution >= 4 is 38.6 Å². The number of benzene rings is 1. The molecule has 1 aromatic carbocycles. The van der Waals surface area contributed by atoms with Crippen molar-refractivity contribution in [3.63, 3.8) is 0 Å². The zero-order valence-electron chi connectivity index (χ0n) is 8.59. The average molecular weight is 314 g/mol. The van der Waals surface area contributed by atoms with Crippen LogP contribution in [-0.2, 0) is 6.54 Å². The van der Waals surface area contributed by atoms with Gasteiger partial charge in [0.1, 0.15) is 10.7 Å². The first-order chi connectivity index (χ1) is 8.16. The summed E-state index contributed by atoms with van der Waals surface area (Å²) < 4.78 is 0.684. The molecule has 0 aliphatic carbocycles. The molecule has 7 heteroatoms. The summed E-state index contributed by atoms with van der Waals surface area (Å²) in [6, 6.07) is 4.91. The maximum absolute atomic E-state index is 10.9. The fraction of sp³-hybridized carbons (Fsp3) is 0.100. The summed E-state index contributed by atoms with van der Waals surface area (Å²) in [4.78, 5) is 14.6. The monoisotopic (exact) mass is 313 g/mol. The first-order valence-corrected chi connectivity index (χ1v) is 6.40. The van der Waals surface area contributed by atoms with E-state index in [4.69, 9.17) is 0 Å². The predicted octanol–water partition coefficient (Wildman–Crippen LogP) is 3.43. The van der Waals surface area contributed by atoms with Gasteiger partial charge in [0, 0.05) is 22.1 Å². The van der Waals surface area contributed by atoms with Gasteiger partial charge in [-0.25, -0.2) is 4.98 Å². The first-order valence-electron chi connectivity index (χ1n) is 4.73. The summed E-state index contributed by atoms with van der Waals surface area (Å²) in [6.45, 7) is 0.486. The van der Waals surface area contributed by atoms with E-state index in [1.807, 2.05) is 5.38 Å². The second kappa shape index (κ2) is 5.24. The van der Waals surface area contributed by atoms with Crippen molar-refractivity contribution in [1.82, 2.24) is 4.98 Å². The minimum Gasteiger partial charge on any atom is -0.373 e. The number of nitrogens with zero attached hydrogens (tertiary/aromatic N) is 2. The molecule has 0 amide bonds. The Bertz CT molecular complexity index is 530. The number of nitro benzene ring substituents is 1. The second-order valence-corrected chi connectivity index (χ2v) is 5.09. The van der Waals surface area contributed by atoms with Gasteiger partial charge in [0.05, 0.1) is 11.5 Å². The Morgan fingerprint density at radius 1 is 1.53 bits per heavy atom. The molecule has 1 N–H and O–H groups in total. The lowest BCUT2D eigenvalue weighted by atomic mass is 10.2. The molecule has 88 valence electrons. The van der Waals surface area contributed by atoms with Crippen LogP contribution in [0.2, 0.25) is 0 Å². The van der Waals surface area contributed by atoms with E-state index >= 15 is 0 Å². The molecule has 0 saturated carbocycles. The number of hydrogen-bond donors (Lipinski definition) is 1. The number of aromatic nitrogens is 1. The lowest BCUT2D eigenvalue weighted by molar-refractivity contribution is -0.384. The molecule has 0 aliphatic heterocycles. The van der Waals surface area contributed by atoms with Crippen LogP contribution in [0.5, 0.6) is 0 Å². The Labute approximate surface area is 110 Å². The van der Waals surface area contributed by atoms with Crippen LogP contribution in [0.4, 0.5) is 11.4 Å². The number of hydrogen-bond acceptors (Lipinski definition) is 5. The van der Waals surface area contributed by atoms with E-state index < -0.39 is 4.92 Å². The molecule has 0 unspecified atom stereocenters. The number of halogens is 1. The van der Waals surface area contributed by atoms with E-state index in [9.17, 15) is 10.1 Å². The molecular formula is C10H8BrN3O2S. The highest BCUT2D eigenvalue weighted by atomic mass is 79.9. The Morgan fingerprint density at radius 2 is 2.35 bits per heavy atom. The number of nitrogens with one attached hydrogen (secondary N) is 1. The molecule has 1 heterocycles. The van der Waals surface area contributed by atoms with Crippen LogP contribution in [0.1, 0.15) is 5.01 Å². The number of anilines is 1. The van der Waals surface area contributed by atoms with Gasteiger partial charge in [-0.2, -0.15) is 0 Å². The van der Waals surface area contributed by atoms with Gasteiger partial charge in [0.2, 0.25) is 0 Å². The molecule has 0 spiro atoms. The topological polar surface area (TPSA) is 68.1 Å². The predicted molar refractivity (Wildman–Crippen MR) is 70.2 cm³/mol. The third-order valence-electron chi connectivity index (χ3n) is 2.07. The van der Waals surface area contributed by atoms with E-state index in [-0.39, 0.29) is 5.69 Å². The molecule has 0 bridgehead atoms. The third kappa shape index (κ3) is 3.01. The van der Waals surface area contributed by atoms with Crippen molar-refractivity contribution in [3.05, 3.63) is 49.4 Å². The molecule has 2 rings (SSSR count). The normalized spacial score (nSPS) is 10.2. The van der Waals surface area contributed by atoms with Crippen molar-refractivity contribution < 1.29 is 4.92 Å². The first kappa shape index (κ1) is 12.0. The van der Waals surface area contributed by atoms with E-state index in [2.05, 4.69) is 26.2 Å². The molecule has 1 aromatic heterocycles. The molecule has 0 fully saturated rings. The van der Waals surface area contributed by atoms with Crippen LogP contribution in [0.3, 0.4) is 0 Å². The summed E-state index contributed by atoms with van der Waals surface area (Å²) in [5.41, 5.74) is 0.546. The van der Waals surface area contributed by atoms with Gasteiger partial charge >= 0.3 is 0 Å². The summed E-state index contributed by atoms with van der Waals surface area (Å²) >= 11 is 4.72. The highest BCUT2D eigenvalue weighted by molar-refractivity contribution is 9.10. The Balaban J connectivity index is 2.17. The molecule has 2 aromatic rings. The summed E-state index contributed by atoms with van der Waals surface area (Å²) in [5, 5.41) is 16.6. The lowest BCUT2D eigenvalue weighted by Gasteiger charge is -2.05. The van der Waals surface area contributed by atoms with Crippen molar-refractivity contribution in [1.29, 1.82) is 0 Å². The van der Waals surface area contributed by atoms with Crippen LogP contribution in [0, 0.1) is 10.1 Å². The zero-order valence-corrected chi connectivity index (χ0v) is 11.0. The fourth-order valence-electron chi connectivity index (χ4n) is 1.32. The quantitative estimate of drug-likeness (QED) is 0.693. The lowest BCUT2D eigenvalue weighted by Crippen LogP contribution is -2.02. The van der Waals surface area contributed by atoms with Gasteiger partial charge in [0.15, 0.2) is 0 Å². The molecular weight excluding hydrogens is 306 g/mol. The Kier molecular flexibility index (Phi) is 3.70.